The normalized spacial score (nSPS) is 13.7. The summed E-state index contributed by atoms with van der Waals surface area (Å²) in [5, 5.41) is 12.7. The van der Waals surface area contributed by atoms with Gasteiger partial charge in [0.15, 0.2) is 0 Å². The van der Waals surface area contributed by atoms with E-state index >= 15 is 0 Å². The average molecular weight is 399 g/mol. The summed E-state index contributed by atoms with van der Waals surface area (Å²) in [6.07, 6.45) is 0. The Hall–Kier alpha value is -3.84. The maximum atomic E-state index is 10.3. The quantitative estimate of drug-likeness (QED) is 0.325. The van der Waals surface area contributed by atoms with E-state index in [-0.39, 0.29) is 11.2 Å². The van der Waals surface area contributed by atoms with E-state index in [0.29, 0.717) is 0 Å². The van der Waals surface area contributed by atoms with Gasteiger partial charge in [-0.3, -0.25) is 0 Å². The molecule has 5 aromatic rings. The SMILES string of the molecule is CC1(c2ccc3ccccc3c2-c2cccc(O)c2)c2ccccc2-c2ccccc21. The molecule has 1 N–H and O–H groups in total. The molecule has 0 saturated carbocycles. The molecule has 0 saturated heterocycles. The van der Waals surface area contributed by atoms with E-state index in [2.05, 4.69) is 97.9 Å². The molecule has 0 unspecified atom stereocenters. The van der Waals surface area contributed by atoms with E-state index in [0.717, 1.165) is 5.56 Å². The highest BCUT2D eigenvalue weighted by Gasteiger charge is 2.42. The van der Waals surface area contributed by atoms with Crippen LogP contribution in [0.3, 0.4) is 0 Å². The first kappa shape index (κ1) is 18.0. The third-order valence-corrected chi connectivity index (χ3v) is 6.82. The molecule has 0 radical (unpaired) electrons. The smallest absolute Gasteiger partial charge is 0.116 e. The molecule has 1 aliphatic carbocycles. The number of fused-ring (bicyclic) bond motifs is 4. The van der Waals surface area contributed by atoms with Crippen molar-refractivity contribution in [2.24, 2.45) is 0 Å². The maximum absolute atomic E-state index is 10.3. The Bertz CT molecular complexity index is 1420. The molecule has 0 atom stereocenters. The van der Waals surface area contributed by atoms with Gasteiger partial charge in [0, 0.05) is 5.41 Å². The molecule has 1 nitrogen and oxygen atoms in total. The van der Waals surface area contributed by atoms with Gasteiger partial charge in [0.05, 0.1) is 0 Å². The zero-order valence-electron chi connectivity index (χ0n) is 17.3. The van der Waals surface area contributed by atoms with Crippen LogP contribution in [0.2, 0.25) is 0 Å². The van der Waals surface area contributed by atoms with Crippen LogP contribution < -0.4 is 0 Å². The van der Waals surface area contributed by atoms with Crippen molar-refractivity contribution in [3.8, 4) is 28.0 Å². The van der Waals surface area contributed by atoms with Crippen molar-refractivity contribution in [3.05, 3.63) is 126 Å². The second-order valence-corrected chi connectivity index (χ2v) is 8.48. The lowest BCUT2D eigenvalue weighted by Crippen LogP contribution is -2.23. The first-order valence-electron chi connectivity index (χ1n) is 10.7. The zero-order valence-corrected chi connectivity index (χ0v) is 17.3. The Labute approximate surface area is 182 Å². The number of benzene rings is 5. The number of aromatic hydroxyl groups is 1. The summed E-state index contributed by atoms with van der Waals surface area (Å²) in [5.74, 6) is 0.286. The van der Waals surface area contributed by atoms with Gasteiger partial charge in [0.1, 0.15) is 5.75 Å². The largest absolute Gasteiger partial charge is 0.508 e. The predicted molar refractivity (Wildman–Crippen MR) is 128 cm³/mol. The van der Waals surface area contributed by atoms with Crippen LogP contribution >= 0.6 is 0 Å². The van der Waals surface area contributed by atoms with E-state index < -0.39 is 0 Å². The molecule has 31 heavy (non-hydrogen) atoms. The monoisotopic (exact) mass is 398 g/mol. The van der Waals surface area contributed by atoms with Crippen molar-refractivity contribution in [2.45, 2.75) is 12.3 Å². The van der Waals surface area contributed by atoms with E-state index in [4.69, 9.17) is 0 Å². The van der Waals surface area contributed by atoms with Crippen LogP contribution in [0.25, 0.3) is 33.0 Å². The van der Waals surface area contributed by atoms with Crippen LogP contribution in [0.4, 0.5) is 0 Å². The lowest BCUT2D eigenvalue weighted by atomic mass is 9.71. The third-order valence-electron chi connectivity index (χ3n) is 6.82. The average Bonchev–Trinajstić information content (AvgIpc) is 3.08. The summed E-state index contributed by atoms with van der Waals surface area (Å²) in [6, 6.07) is 38.2. The van der Waals surface area contributed by atoms with Crippen LogP contribution in [0.5, 0.6) is 5.75 Å². The molecule has 5 aromatic carbocycles. The molecule has 0 heterocycles. The number of rotatable bonds is 2. The van der Waals surface area contributed by atoms with E-state index in [1.807, 2.05) is 12.1 Å². The fourth-order valence-corrected chi connectivity index (χ4v) is 5.40. The number of phenolic OH excluding ortho intramolecular Hbond substituents is 1. The van der Waals surface area contributed by atoms with Crippen molar-refractivity contribution in [1.82, 2.24) is 0 Å². The second kappa shape index (κ2) is 6.58. The molecule has 0 spiro atoms. The van der Waals surface area contributed by atoms with Gasteiger partial charge in [-0.25, -0.2) is 0 Å². The van der Waals surface area contributed by atoms with Crippen molar-refractivity contribution in [2.75, 3.05) is 0 Å². The van der Waals surface area contributed by atoms with Crippen LogP contribution in [-0.4, -0.2) is 5.11 Å². The van der Waals surface area contributed by atoms with Gasteiger partial charge >= 0.3 is 0 Å². The zero-order chi connectivity index (χ0) is 21.0. The molecular weight excluding hydrogens is 376 g/mol. The Morgan fingerprint density at radius 3 is 1.94 bits per heavy atom. The van der Waals surface area contributed by atoms with Gasteiger partial charge in [-0.15, -0.1) is 0 Å². The summed E-state index contributed by atoms with van der Waals surface area (Å²) in [5.41, 5.74) is 8.44. The molecule has 0 aromatic heterocycles. The molecule has 148 valence electrons. The summed E-state index contributed by atoms with van der Waals surface area (Å²) in [7, 11) is 0. The van der Waals surface area contributed by atoms with Gasteiger partial charge in [0.2, 0.25) is 0 Å². The molecule has 0 aliphatic heterocycles. The van der Waals surface area contributed by atoms with Crippen LogP contribution in [-0.2, 0) is 5.41 Å². The number of phenols is 1. The Balaban J connectivity index is 1.77. The van der Waals surface area contributed by atoms with Crippen molar-refractivity contribution >= 4 is 10.8 Å². The first-order valence-corrected chi connectivity index (χ1v) is 10.7. The highest BCUT2D eigenvalue weighted by atomic mass is 16.3. The minimum atomic E-state index is -0.294. The van der Waals surface area contributed by atoms with Crippen molar-refractivity contribution in [3.63, 3.8) is 0 Å². The minimum Gasteiger partial charge on any atom is -0.508 e. The molecule has 1 heteroatoms. The summed E-state index contributed by atoms with van der Waals surface area (Å²) < 4.78 is 0. The number of hydrogen-bond acceptors (Lipinski definition) is 1. The first-order chi connectivity index (χ1) is 15.2. The van der Waals surface area contributed by atoms with Crippen LogP contribution in [0, 0.1) is 0 Å². The van der Waals surface area contributed by atoms with Gasteiger partial charge in [0.25, 0.3) is 0 Å². The summed E-state index contributed by atoms with van der Waals surface area (Å²) >= 11 is 0. The molecular formula is C30H22O. The van der Waals surface area contributed by atoms with E-state index in [9.17, 15) is 5.11 Å². The van der Waals surface area contributed by atoms with Crippen molar-refractivity contribution < 1.29 is 5.11 Å². The maximum Gasteiger partial charge on any atom is 0.116 e. The van der Waals surface area contributed by atoms with Gasteiger partial charge in [-0.1, -0.05) is 97.1 Å². The molecule has 1 aliphatic rings. The Morgan fingerprint density at radius 2 is 1.23 bits per heavy atom. The fraction of sp³-hybridized carbons (Fsp3) is 0.0667. The van der Waals surface area contributed by atoms with Crippen LogP contribution in [0.15, 0.2) is 109 Å². The standard InChI is InChI=1S/C30H22O/c1-30(26-15-6-4-13-24(26)25-14-5-7-16-27(25)30)28-18-17-20-9-2-3-12-23(20)29(28)21-10-8-11-22(31)19-21/h2-19,31H,1H3. The summed E-state index contributed by atoms with van der Waals surface area (Å²) in [4.78, 5) is 0. The lowest BCUT2D eigenvalue weighted by molar-refractivity contribution is 0.475. The van der Waals surface area contributed by atoms with E-state index in [1.54, 1.807) is 6.07 Å². The van der Waals surface area contributed by atoms with Gasteiger partial charge in [-0.05, 0) is 68.8 Å². The topological polar surface area (TPSA) is 20.2 Å². The molecule has 0 amide bonds. The highest BCUT2D eigenvalue weighted by Crippen LogP contribution is 2.54. The second-order valence-electron chi connectivity index (χ2n) is 8.48. The molecule has 6 rings (SSSR count). The predicted octanol–water partition coefficient (Wildman–Crippen LogP) is 7.55. The third kappa shape index (κ3) is 2.50. The Morgan fingerprint density at radius 1 is 0.581 bits per heavy atom. The van der Waals surface area contributed by atoms with Gasteiger partial charge in [-0.2, -0.15) is 0 Å². The van der Waals surface area contributed by atoms with E-state index in [1.165, 1.54) is 44.2 Å². The molecule has 0 fully saturated rings. The van der Waals surface area contributed by atoms with Crippen molar-refractivity contribution in [1.29, 1.82) is 0 Å². The number of hydrogen-bond donors (Lipinski definition) is 1. The Kier molecular flexibility index (Phi) is 3.82. The summed E-state index contributed by atoms with van der Waals surface area (Å²) in [6.45, 7) is 2.34. The van der Waals surface area contributed by atoms with Gasteiger partial charge < -0.3 is 5.11 Å². The minimum absolute atomic E-state index is 0.286. The lowest BCUT2D eigenvalue weighted by Gasteiger charge is -2.31. The highest BCUT2D eigenvalue weighted by molar-refractivity contribution is 6.00. The fourth-order valence-electron chi connectivity index (χ4n) is 5.40. The molecule has 0 bridgehead atoms. The van der Waals surface area contributed by atoms with Crippen LogP contribution in [0.1, 0.15) is 23.6 Å².